The number of halogens is 4. The Hall–Kier alpha value is -8.33. The number of hydrogen-bond acceptors (Lipinski definition) is 13. The van der Waals surface area contributed by atoms with E-state index in [4.69, 9.17) is 23.5 Å². The second-order valence-electron chi connectivity index (χ2n) is 20.4. The van der Waals surface area contributed by atoms with Gasteiger partial charge in [-0.25, -0.2) is 13.9 Å². The van der Waals surface area contributed by atoms with E-state index in [-0.39, 0.29) is 95.7 Å². The zero-order valence-electron chi connectivity index (χ0n) is 47.8. The van der Waals surface area contributed by atoms with Crippen molar-refractivity contribution in [3.8, 4) is 28.3 Å². The molecule has 464 valence electrons. The third-order valence-electron chi connectivity index (χ3n) is 14.1. The van der Waals surface area contributed by atoms with Crippen molar-refractivity contribution in [1.82, 2.24) is 25.3 Å². The number of aryl methyl sites for hydroxylation is 1. The van der Waals surface area contributed by atoms with E-state index in [1.54, 1.807) is 58.3 Å². The number of nitrogens with one attached hydrogen (secondary N) is 6. The molecule has 2 aromatic heterocycles. The fourth-order valence-electron chi connectivity index (χ4n) is 9.77. The van der Waals surface area contributed by atoms with Gasteiger partial charge in [0.2, 0.25) is 11.8 Å². The van der Waals surface area contributed by atoms with E-state index in [9.17, 15) is 42.1 Å². The number of para-hydroxylation sites is 1. The number of alkyl halides is 3. The summed E-state index contributed by atoms with van der Waals surface area (Å²) in [5, 5.41) is 22.8. The maximum atomic E-state index is 15.7. The topological polar surface area (TPSA) is 265 Å². The van der Waals surface area contributed by atoms with Crippen LogP contribution in [0.5, 0.6) is 5.75 Å². The van der Waals surface area contributed by atoms with Crippen molar-refractivity contribution < 1.29 is 70.0 Å². The van der Waals surface area contributed by atoms with Crippen LogP contribution in [0, 0.1) is 12.7 Å². The minimum Gasteiger partial charge on any atom is -0.488 e. The average molecular weight is 1250 g/mol. The van der Waals surface area contributed by atoms with Gasteiger partial charge >= 0.3 is 18.9 Å². The Morgan fingerprint density at radius 1 is 0.773 bits per heavy atom. The highest BCUT2D eigenvalue weighted by molar-refractivity contribution is 8.06. The lowest BCUT2D eigenvalue weighted by atomic mass is 9.95. The number of aromatic nitrogens is 4. The summed E-state index contributed by atoms with van der Waals surface area (Å²) in [5.41, 5.74) is 7.11. The Bertz CT molecular complexity index is 3690. The Kier molecular flexibility index (Phi) is 21.9. The molecule has 88 heavy (non-hydrogen) atoms. The zero-order valence-corrected chi connectivity index (χ0v) is 49.5. The summed E-state index contributed by atoms with van der Waals surface area (Å²) in [6.07, 6.45) is 1.44. The first kappa shape index (κ1) is 64.2. The number of aromatic amines is 1. The van der Waals surface area contributed by atoms with Crippen LogP contribution in [0.1, 0.15) is 66.5 Å². The van der Waals surface area contributed by atoms with Gasteiger partial charge in [0.05, 0.1) is 93.2 Å². The van der Waals surface area contributed by atoms with Crippen molar-refractivity contribution in [2.45, 2.75) is 64.7 Å². The molecule has 7 aromatic rings. The number of amides is 5. The molecular weight excluding hydrogens is 1190 g/mol. The van der Waals surface area contributed by atoms with Crippen LogP contribution in [0.25, 0.3) is 34.2 Å². The van der Waals surface area contributed by atoms with E-state index in [0.717, 1.165) is 46.4 Å². The molecule has 0 bridgehead atoms. The molecule has 0 aliphatic carbocycles. The van der Waals surface area contributed by atoms with Gasteiger partial charge in [0, 0.05) is 65.0 Å². The molecule has 0 spiro atoms. The summed E-state index contributed by atoms with van der Waals surface area (Å²) in [7, 11) is 0. The SMILES string of the molecule is Cc1ccc(NC(=O)Nc2cc(C(F)(F)F)cc(OCCOCCOCCOCCn3nnc4c3-c3ccccc3N(C(=O)CCC(=O)NCCCCCCOP(O)(O)=S)Cc3ccccc3-4)c2F)cc1Nc1ccc2c(c1)NC(=O)/C2=C\c1ccc[nH]1. The molecule has 0 unspecified atom stereocenters. The number of fused-ring (bicyclic) bond motifs is 6. The number of carbonyl (C=O) groups excluding carboxylic acids is 4. The third-order valence-corrected chi connectivity index (χ3v) is 14.9. The average Bonchev–Trinajstić information content (AvgIpc) is 1.74. The highest BCUT2D eigenvalue weighted by Crippen LogP contribution is 2.43. The van der Waals surface area contributed by atoms with Gasteiger partial charge in [0.25, 0.3) is 5.91 Å². The molecule has 5 aromatic carbocycles. The van der Waals surface area contributed by atoms with E-state index in [0.29, 0.717) is 77.8 Å². The largest absolute Gasteiger partial charge is 0.488 e. The second-order valence-corrected chi connectivity index (χ2v) is 23.1. The number of ether oxygens (including phenoxy) is 4. The molecule has 0 radical (unpaired) electrons. The van der Waals surface area contributed by atoms with Crippen LogP contribution >= 0.6 is 6.72 Å². The number of hydrogen-bond donors (Lipinski definition) is 8. The number of unbranched alkanes of at least 4 members (excludes halogenated alkanes) is 3. The van der Waals surface area contributed by atoms with E-state index >= 15 is 4.39 Å². The number of rotatable bonds is 29. The Labute approximate surface area is 509 Å². The molecule has 0 saturated carbocycles. The summed E-state index contributed by atoms with van der Waals surface area (Å²) >= 11 is 4.45. The van der Waals surface area contributed by atoms with Gasteiger partial charge in [-0.05, 0) is 103 Å². The number of urea groups is 1. The Balaban J connectivity index is 0.701. The van der Waals surface area contributed by atoms with Crippen LogP contribution in [-0.4, -0.2) is 113 Å². The molecule has 27 heteroatoms. The first-order valence-corrected chi connectivity index (χ1v) is 30.9. The minimum atomic E-state index is -4.91. The van der Waals surface area contributed by atoms with Crippen molar-refractivity contribution in [1.29, 1.82) is 0 Å². The summed E-state index contributed by atoms with van der Waals surface area (Å²) in [5.74, 6) is -2.71. The monoisotopic (exact) mass is 1250 g/mol. The van der Waals surface area contributed by atoms with Gasteiger partial charge in [-0.2, -0.15) is 13.2 Å². The van der Waals surface area contributed by atoms with E-state index < -0.39 is 41.7 Å². The lowest BCUT2D eigenvalue weighted by Crippen LogP contribution is -2.33. The lowest BCUT2D eigenvalue weighted by Gasteiger charge is -2.28. The van der Waals surface area contributed by atoms with Crippen molar-refractivity contribution in [3.63, 3.8) is 0 Å². The molecule has 21 nitrogen and oxygen atoms in total. The number of benzene rings is 5. The van der Waals surface area contributed by atoms with E-state index in [1.807, 2.05) is 67.6 Å². The van der Waals surface area contributed by atoms with Crippen LogP contribution in [0.4, 0.5) is 56.5 Å². The Morgan fingerprint density at radius 2 is 1.50 bits per heavy atom. The molecule has 0 fully saturated rings. The molecule has 0 atom stereocenters. The standard InChI is InChI=1S/C61H65F4N10O11PS/c1-39-16-17-44(36-49(39)68-43-18-19-46-48(35-42-12-10-23-66-42)59(78)70-50(46)37-43)69-60(79)71-51-33-41(61(63,64)65)34-53(56(51)62)85-32-31-84-30-29-83-28-27-82-26-24-75-58-47-14-6-7-15-52(47)74(38-40-11-4-5-13-45(40)57(58)72-73-75)55(77)21-20-54(76)67-22-8-2-3-9-25-86-87(80,81)88/h4-7,10-19,23,33-37,66,68H,2-3,8-9,20-22,24-32,38H2,1H3,(H,67,76)(H,70,78)(H2,69,71,79)(H2,80,81,88)/b48-35-. The molecule has 0 saturated heterocycles. The molecule has 5 amide bonds. The van der Waals surface area contributed by atoms with Crippen molar-refractivity contribution >= 4 is 88.1 Å². The summed E-state index contributed by atoms with van der Waals surface area (Å²) in [6, 6.07) is 29.0. The highest BCUT2D eigenvalue weighted by Gasteiger charge is 2.34. The van der Waals surface area contributed by atoms with Crippen LogP contribution in [0.15, 0.2) is 115 Å². The zero-order chi connectivity index (χ0) is 62.2. The normalized spacial score (nSPS) is 13.2. The van der Waals surface area contributed by atoms with Gasteiger partial charge in [0.15, 0.2) is 11.6 Å². The van der Waals surface area contributed by atoms with Crippen LogP contribution in [-0.2, 0) is 64.2 Å². The molecular formula is C61H65F4N10O11PS. The van der Waals surface area contributed by atoms with Crippen LogP contribution in [0.3, 0.4) is 0 Å². The smallest absolute Gasteiger partial charge is 0.416 e. The number of anilines is 6. The van der Waals surface area contributed by atoms with E-state index in [1.165, 1.54) is 0 Å². The maximum Gasteiger partial charge on any atom is 0.416 e. The summed E-state index contributed by atoms with van der Waals surface area (Å²) < 4.78 is 86.8. The molecule has 2 aliphatic rings. The van der Waals surface area contributed by atoms with Gasteiger partial charge in [0.1, 0.15) is 12.3 Å². The number of H-pyrrole nitrogens is 1. The fourth-order valence-corrected chi connectivity index (χ4v) is 10.4. The number of carbonyl (C=O) groups is 4. The Morgan fingerprint density at radius 3 is 2.26 bits per heavy atom. The number of nitrogens with zero attached hydrogens (tertiary/aromatic N) is 4. The van der Waals surface area contributed by atoms with Gasteiger partial charge in [-0.15, -0.1) is 5.10 Å². The predicted molar refractivity (Wildman–Crippen MR) is 328 cm³/mol. The first-order chi connectivity index (χ1) is 42.4. The summed E-state index contributed by atoms with van der Waals surface area (Å²) in [6.45, 7) is -0.336. The van der Waals surface area contributed by atoms with Crippen molar-refractivity contribution in [2.24, 2.45) is 0 Å². The van der Waals surface area contributed by atoms with Crippen LogP contribution in [0.2, 0.25) is 0 Å². The molecule has 9 rings (SSSR count). The van der Waals surface area contributed by atoms with Gasteiger partial charge < -0.3 is 69.7 Å². The second kappa shape index (κ2) is 30.1. The van der Waals surface area contributed by atoms with Crippen LogP contribution < -0.4 is 36.2 Å². The fraction of sp³-hybridized carbons (Fsp3) is 0.311. The summed E-state index contributed by atoms with van der Waals surface area (Å²) in [4.78, 5) is 75.9. The van der Waals surface area contributed by atoms with E-state index in [2.05, 4.69) is 53.7 Å². The maximum absolute atomic E-state index is 15.7. The first-order valence-electron chi connectivity index (χ1n) is 28.3. The van der Waals surface area contributed by atoms with Crippen molar-refractivity contribution in [3.05, 3.63) is 149 Å². The lowest BCUT2D eigenvalue weighted by molar-refractivity contribution is -0.137. The van der Waals surface area contributed by atoms with Crippen molar-refractivity contribution in [2.75, 3.05) is 85.6 Å². The third kappa shape index (κ3) is 17.5. The minimum absolute atomic E-state index is 0.00369. The quantitative estimate of drug-likeness (QED) is 0.00938. The molecule has 2 aliphatic heterocycles. The predicted octanol–water partition coefficient (Wildman–Crippen LogP) is 10.9. The van der Waals surface area contributed by atoms with Gasteiger partial charge in [-0.1, -0.05) is 72.7 Å². The molecule has 8 N–H and O–H groups in total. The van der Waals surface area contributed by atoms with Gasteiger partial charge in [-0.3, -0.25) is 14.4 Å². The highest BCUT2D eigenvalue weighted by atomic mass is 32.5. The molecule has 4 heterocycles.